The number of rotatable bonds is 4. The molecule has 0 spiro atoms. The second-order valence-corrected chi connectivity index (χ2v) is 7.31. The van der Waals surface area contributed by atoms with Crippen molar-refractivity contribution < 1.29 is 0 Å². The molecule has 3 nitrogen and oxygen atoms in total. The fraction of sp³-hybridized carbons (Fsp3) is 0.722. The van der Waals surface area contributed by atoms with E-state index in [-0.39, 0.29) is 0 Å². The van der Waals surface area contributed by atoms with Gasteiger partial charge in [-0.3, -0.25) is 4.90 Å². The molecule has 0 saturated carbocycles. The molecule has 118 valence electrons. The van der Waals surface area contributed by atoms with Crippen molar-refractivity contribution in [2.24, 2.45) is 11.3 Å². The van der Waals surface area contributed by atoms with Crippen LogP contribution in [0.15, 0.2) is 18.2 Å². The van der Waals surface area contributed by atoms with Crippen LogP contribution in [0.4, 0.5) is 5.82 Å². The van der Waals surface area contributed by atoms with Gasteiger partial charge in [0.25, 0.3) is 0 Å². The molecule has 1 aliphatic rings. The van der Waals surface area contributed by atoms with Crippen LogP contribution in [-0.2, 0) is 6.54 Å². The summed E-state index contributed by atoms with van der Waals surface area (Å²) in [5.74, 6) is 1.85. The highest BCUT2D eigenvalue weighted by Crippen LogP contribution is 2.34. The van der Waals surface area contributed by atoms with Crippen molar-refractivity contribution in [2.45, 2.75) is 53.5 Å². The van der Waals surface area contributed by atoms with Crippen molar-refractivity contribution in [1.29, 1.82) is 0 Å². The Hall–Kier alpha value is -1.09. The van der Waals surface area contributed by atoms with Crippen LogP contribution in [0.3, 0.4) is 0 Å². The van der Waals surface area contributed by atoms with Crippen molar-refractivity contribution >= 4 is 5.82 Å². The lowest BCUT2D eigenvalue weighted by Crippen LogP contribution is -2.26. The number of nitrogens with one attached hydrogen (secondary N) is 1. The molecule has 1 aromatic rings. The van der Waals surface area contributed by atoms with Crippen LogP contribution in [-0.4, -0.2) is 29.5 Å². The number of aromatic nitrogens is 1. The molecule has 0 amide bonds. The Bertz CT molecular complexity index is 436. The summed E-state index contributed by atoms with van der Waals surface area (Å²) >= 11 is 0. The molecule has 0 radical (unpaired) electrons. The molecule has 1 aromatic heterocycles. The molecule has 1 N–H and O–H groups in total. The van der Waals surface area contributed by atoms with Gasteiger partial charge in [0, 0.05) is 13.1 Å². The zero-order chi connectivity index (χ0) is 15.3. The van der Waals surface area contributed by atoms with E-state index in [4.69, 9.17) is 4.98 Å². The molecule has 1 atom stereocenters. The summed E-state index contributed by atoms with van der Waals surface area (Å²) in [5, 5.41) is 3.29. The van der Waals surface area contributed by atoms with E-state index in [9.17, 15) is 0 Å². The molecule has 2 rings (SSSR count). The average molecular weight is 289 g/mol. The molecule has 1 fully saturated rings. The lowest BCUT2D eigenvalue weighted by molar-refractivity contribution is 0.206. The number of likely N-dealkylation sites (tertiary alicyclic amines) is 1. The van der Waals surface area contributed by atoms with Crippen LogP contribution in [0.5, 0.6) is 0 Å². The van der Waals surface area contributed by atoms with Gasteiger partial charge in [-0.2, -0.15) is 0 Å². The van der Waals surface area contributed by atoms with Crippen molar-refractivity contribution in [3.8, 4) is 0 Å². The smallest absolute Gasteiger partial charge is 0.126 e. The summed E-state index contributed by atoms with van der Waals surface area (Å²) in [6, 6.07) is 6.30. The molecule has 0 bridgehead atoms. The topological polar surface area (TPSA) is 28.2 Å². The Morgan fingerprint density at radius 3 is 2.76 bits per heavy atom. The summed E-state index contributed by atoms with van der Waals surface area (Å²) in [7, 11) is 0. The second-order valence-electron chi connectivity index (χ2n) is 7.31. The molecule has 1 aliphatic heterocycles. The first-order chi connectivity index (χ1) is 9.99. The van der Waals surface area contributed by atoms with Crippen molar-refractivity contribution in [3.63, 3.8) is 0 Å². The first-order valence-corrected chi connectivity index (χ1v) is 8.41. The molecular weight excluding hydrogens is 258 g/mol. The Balaban J connectivity index is 1.93. The molecule has 1 unspecified atom stereocenters. The Morgan fingerprint density at radius 2 is 2.05 bits per heavy atom. The molecule has 21 heavy (non-hydrogen) atoms. The summed E-state index contributed by atoms with van der Waals surface area (Å²) < 4.78 is 0. The number of hydrogen-bond acceptors (Lipinski definition) is 3. The van der Waals surface area contributed by atoms with Gasteiger partial charge in [-0.1, -0.05) is 26.8 Å². The fourth-order valence-electron chi connectivity index (χ4n) is 3.26. The predicted molar refractivity (Wildman–Crippen MR) is 90.5 cm³/mol. The molecule has 1 saturated heterocycles. The Morgan fingerprint density at radius 1 is 1.24 bits per heavy atom. The summed E-state index contributed by atoms with van der Waals surface area (Å²) in [6.07, 6.45) is 4.00. The third kappa shape index (κ3) is 4.99. The Labute approximate surface area is 130 Å². The van der Waals surface area contributed by atoms with Crippen molar-refractivity contribution in [1.82, 2.24) is 9.88 Å². The van der Waals surface area contributed by atoms with E-state index in [0.717, 1.165) is 24.8 Å². The van der Waals surface area contributed by atoms with E-state index >= 15 is 0 Å². The van der Waals surface area contributed by atoms with E-state index in [1.165, 1.54) is 38.0 Å². The van der Waals surface area contributed by atoms with Gasteiger partial charge >= 0.3 is 0 Å². The minimum atomic E-state index is 0.444. The standard InChI is InChI=1S/C18H31N3/c1-5-19-17-10-6-9-16(20-17)14-21-12-7-8-15(11-13-21)18(2,3)4/h6,9-10,15H,5,7-8,11-14H2,1-4H3,(H,19,20). The van der Waals surface area contributed by atoms with E-state index in [1.807, 2.05) is 6.07 Å². The largest absolute Gasteiger partial charge is 0.370 e. The van der Waals surface area contributed by atoms with Crippen LogP contribution < -0.4 is 5.32 Å². The normalized spacial score (nSPS) is 21.0. The maximum Gasteiger partial charge on any atom is 0.126 e. The molecule has 0 aliphatic carbocycles. The lowest BCUT2D eigenvalue weighted by atomic mass is 9.77. The maximum absolute atomic E-state index is 4.70. The number of hydrogen-bond donors (Lipinski definition) is 1. The van der Waals surface area contributed by atoms with Crippen LogP contribution in [0.2, 0.25) is 0 Å². The summed E-state index contributed by atoms with van der Waals surface area (Å²) in [4.78, 5) is 7.28. The lowest BCUT2D eigenvalue weighted by Gasteiger charge is -2.29. The van der Waals surface area contributed by atoms with Crippen LogP contribution in [0, 0.1) is 11.3 Å². The van der Waals surface area contributed by atoms with Gasteiger partial charge < -0.3 is 5.32 Å². The first-order valence-electron chi connectivity index (χ1n) is 8.41. The third-order valence-electron chi connectivity index (χ3n) is 4.60. The van der Waals surface area contributed by atoms with Gasteiger partial charge in [0.15, 0.2) is 0 Å². The fourth-order valence-corrected chi connectivity index (χ4v) is 3.26. The van der Waals surface area contributed by atoms with E-state index in [0.29, 0.717) is 5.41 Å². The van der Waals surface area contributed by atoms with Crippen molar-refractivity contribution in [3.05, 3.63) is 23.9 Å². The van der Waals surface area contributed by atoms with Crippen LogP contribution in [0.1, 0.15) is 52.7 Å². The predicted octanol–water partition coefficient (Wildman–Crippen LogP) is 4.16. The van der Waals surface area contributed by atoms with Crippen LogP contribution in [0.25, 0.3) is 0 Å². The van der Waals surface area contributed by atoms with Gasteiger partial charge in [-0.15, -0.1) is 0 Å². The highest BCUT2D eigenvalue weighted by atomic mass is 15.1. The molecule has 3 heteroatoms. The van der Waals surface area contributed by atoms with E-state index in [2.05, 4.69) is 50.0 Å². The minimum absolute atomic E-state index is 0.444. The SMILES string of the molecule is CCNc1cccc(CN2CCCC(C(C)(C)C)CC2)n1. The molecule has 0 aromatic carbocycles. The van der Waals surface area contributed by atoms with E-state index in [1.54, 1.807) is 0 Å². The van der Waals surface area contributed by atoms with E-state index < -0.39 is 0 Å². The monoisotopic (exact) mass is 289 g/mol. The maximum atomic E-state index is 4.70. The first kappa shape index (κ1) is 16.3. The van der Waals surface area contributed by atoms with Gasteiger partial charge in [-0.25, -0.2) is 4.98 Å². The average Bonchev–Trinajstić information content (AvgIpc) is 2.65. The zero-order valence-corrected chi connectivity index (χ0v) is 14.2. The number of pyridine rings is 1. The molecular formula is C18H31N3. The molecule has 2 heterocycles. The highest BCUT2D eigenvalue weighted by Gasteiger charge is 2.27. The van der Waals surface area contributed by atoms with Gasteiger partial charge in [0.05, 0.1) is 5.69 Å². The second kappa shape index (κ2) is 7.26. The van der Waals surface area contributed by atoms with Gasteiger partial charge in [-0.05, 0) is 62.7 Å². The number of anilines is 1. The number of nitrogens with zero attached hydrogens (tertiary/aromatic N) is 2. The summed E-state index contributed by atoms with van der Waals surface area (Å²) in [6.45, 7) is 13.6. The quantitative estimate of drug-likeness (QED) is 0.902. The van der Waals surface area contributed by atoms with Crippen molar-refractivity contribution in [2.75, 3.05) is 25.0 Å². The zero-order valence-electron chi connectivity index (χ0n) is 14.2. The van der Waals surface area contributed by atoms with Crippen LogP contribution >= 0.6 is 0 Å². The summed E-state index contributed by atoms with van der Waals surface area (Å²) in [5.41, 5.74) is 1.63. The van der Waals surface area contributed by atoms with Gasteiger partial charge in [0.1, 0.15) is 5.82 Å². The van der Waals surface area contributed by atoms with Gasteiger partial charge in [0.2, 0.25) is 0 Å². The highest BCUT2D eigenvalue weighted by molar-refractivity contribution is 5.34. The minimum Gasteiger partial charge on any atom is -0.370 e. The Kier molecular flexibility index (Phi) is 5.63. The third-order valence-corrected chi connectivity index (χ3v) is 4.60.